The minimum Gasteiger partial charge on any atom is -0.205 e. The molecule has 0 saturated heterocycles. The number of halogens is 5. The SMILES string of the molecule is N#Cc1cc(C(F)(F)F)c(Cl)cc1F. The molecule has 1 aromatic carbocycles. The molecule has 0 aliphatic rings. The van der Waals surface area contributed by atoms with Crippen LogP contribution in [0.25, 0.3) is 0 Å². The Morgan fingerprint density at radius 3 is 2.29 bits per heavy atom. The van der Waals surface area contributed by atoms with E-state index in [9.17, 15) is 17.6 Å². The van der Waals surface area contributed by atoms with E-state index in [1.807, 2.05) is 0 Å². The summed E-state index contributed by atoms with van der Waals surface area (Å²) in [6.07, 6.45) is -4.68. The van der Waals surface area contributed by atoms with Crippen molar-refractivity contribution in [2.24, 2.45) is 0 Å². The van der Waals surface area contributed by atoms with Crippen LogP contribution >= 0.6 is 11.6 Å². The first-order chi connectivity index (χ1) is 6.36. The lowest BCUT2D eigenvalue weighted by molar-refractivity contribution is -0.137. The molecule has 74 valence electrons. The van der Waals surface area contributed by atoms with Crippen molar-refractivity contribution in [1.82, 2.24) is 0 Å². The average Bonchev–Trinajstić information content (AvgIpc) is 2.02. The van der Waals surface area contributed by atoms with Gasteiger partial charge in [-0.05, 0) is 12.1 Å². The lowest BCUT2D eigenvalue weighted by Gasteiger charge is -2.08. The van der Waals surface area contributed by atoms with E-state index in [-0.39, 0.29) is 0 Å². The van der Waals surface area contributed by atoms with Gasteiger partial charge in [-0.15, -0.1) is 0 Å². The van der Waals surface area contributed by atoms with E-state index in [2.05, 4.69) is 0 Å². The number of benzene rings is 1. The third-order valence-electron chi connectivity index (χ3n) is 1.48. The van der Waals surface area contributed by atoms with E-state index in [1.54, 1.807) is 0 Å². The molecular formula is C8H2ClF4N. The van der Waals surface area contributed by atoms with E-state index in [4.69, 9.17) is 16.9 Å². The highest BCUT2D eigenvalue weighted by Gasteiger charge is 2.34. The van der Waals surface area contributed by atoms with Gasteiger partial charge < -0.3 is 0 Å². The molecule has 6 heteroatoms. The zero-order chi connectivity index (χ0) is 10.9. The Morgan fingerprint density at radius 2 is 1.86 bits per heavy atom. The molecule has 1 nitrogen and oxygen atoms in total. The lowest BCUT2D eigenvalue weighted by atomic mass is 10.1. The van der Waals surface area contributed by atoms with E-state index in [0.29, 0.717) is 12.1 Å². The highest BCUT2D eigenvalue weighted by atomic mass is 35.5. The molecule has 0 spiro atoms. The maximum atomic E-state index is 12.7. The minimum atomic E-state index is -4.68. The summed E-state index contributed by atoms with van der Waals surface area (Å²) in [5.41, 5.74) is -1.89. The molecule has 0 aliphatic carbocycles. The van der Waals surface area contributed by atoms with Crippen LogP contribution in [0.1, 0.15) is 11.1 Å². The van der Waals surface area contributed by atoms with Crippen LogP contribution in [-0.4, -0.2) is 0 Å². The first-order valence-corrected chi connectivity index (χ1v) is 3.70. The van der Waals surface area contributed by atoms with Crippen LogP contribution in [0.2, 0.25) is 5.02 Å². The Labute approximate surface area is 81.5 Å². The number of alkyl halides is 3. The van der Waals surface area contributed by atoms with Gasteiger partial charge in [0.15, 0.2) is 0 Å². The van der Waals surface area contributed by atoms with E-state index in [1.165, 1.54) is 6.07 Å². The molecule has 0 aliphatic heterocycles. The number of nitrogens with zero attached hydrogens (tertiary/aromatic N) is 1. The predicted octanol–water partition coefficient (Wildman–Crippen LogP) is 3.37. The van der Waals surface area contributed by atoms with E-state index >= 15 is 0 Å². The first-order valence-electron chi connectivity index (χ1n) is 3.32. The molecule has 0 unspecified atom stereocenters. The fourth-order valence-corrected chi connectivity index (χ4v) is 1.11. The second-order valence-electron chi connectivity index (χ2n) is 2.42. The molecule has 0 fully saturated rings. The second kappa shape index (κ2) is 3.46. The largest absolute Gasteiger partial charge is 0.417 e. The molecule has 0 radical (unpaired) electrons. The van der Waals surface area contributed by atoms with Gasteiger partial charge in [0.2, 0.25) is 0 Å². The summed E-state index contributed by atoms with van der Waals surface area (Å²) in [4.78, 5) is 0. The van der Waals surface area contributed by atoms with Crippen LogP contribution < -0.4 is 0 Å². The number of nitriles is 1. The quantitative estimate of drug-likeness (QED) is 0.619. The van der Waals surface area contributed by atoms with Gasteiger partial charge in [0.1, 0.15) is 11.9 Å². The summed E-state index contributed by atoms with van der Waals surface area (Å²) in [5.74, 6) is -1.06. The third kappa shape index (κ3) is 1.96. The highest BCUT2D eigenvalue weighted by molar-refractivity contribution is 6.31. The molecule has 0 amide bonds. The van der Waals surface area contributed by atoms with Crippen LogP contribution in [0.3, 0.4) is 0 Å². The van der Waals surface area contributed by atoms with Crippen molar-refractivity contribution in [2.75, 3.05) is 0 Å². The van der Waals surface area contributed by atoms with Crippen molar-refractivity contribution in [3.05, 3.63) is 34.1 Å². The fraction of sp³-hybridized carbons (Fsp3) is 0.125. The fourth-order valence-electron chi connectivity index (χ4n) is 0.852. The smallest absolute Gasteiger partial charge is 0.205 e. The van der Waals surface area contributed by atoms with E-state index in [0.717, 1.165) is 0 Å². The van der Waals surface area contributed by atoms with Gasteiger partial charge in [-0.25, -0.2) is 4.39 Å². The molecule has 0 N–H and O–H groups in total. The van der Waals surface area contributed by atoms with Gasteiger partial charge in [0, 0.05) is 0 Å². The topological polar surface area (TPSA) is 23.8 Å². The van der Waals surface area contributed by atoms with Gasteiger partial charge >= 0.3 is 6.18 Å². The van der Waals surface area contributed by atoms with Crippen LogP contribution in [0.4, 0.5) is 17.6 Å². The van der Waals surface area contributed by atoms with Crippen LogP contribution in [-0.2, 0) is 6.18 Å². The van der Waals surface area contributed by atoms with Gasteiger partial charge in [0.05, 0.1) is 16.1 Å². The lowest BCUT2D eigenvalue weighted by Crippen LogP contribution is -2.07. The van der Waals surface area contributed by atoms with E-state index < -0.39 is 28.1 Å². The maximum Gasteiger partial charge on any atom is 0.417 e. The number of hydrogen-bond donors (Lipinski definition) is 0. The van der Waals surface area contributed by atoms with Crippen molar-refractivity contribution in [3.63, 3.8) is 0 Å². The van der Waals surface area contributed by atoms with Crippen LogP contribution in [0.15, 0.2) is 12.1 Å². The monoisotopic (exact) mass is 223 g/mol. The minimum absolute atomic E-state index is 0.387. The Morgan fingerprint density at radius 1 is 1.29 bits per heavy atom. The Balaban J connectivity index is 3.41. The van der Waals surface area contributed by atoms with Crippen molar-refractivity contribution in [3.8, 4) is 6.07 Å². The van der Waals surface area contributed by atoms with Crippen LogP contribution in [0, 0.1) is 17.1 Å². The second-order valence-corrected chi connectivity index (χ2v) is 2.83. The maximum absolute atomic E-state index is 12.7. The van der Waals surface area contributed by atoms with Gasteiger partial charge in [-0.3, -0.25) is 0 Å². The van der Waals surface area contributed by atoms with Crippen molar-refractivity contribution in [2.45, 2.75) is 6.18 Å². The standard InChI is InChI=1S/C8H2ClF4N/c9-6-2-7(10)4(3-14)1-5(6)8(11,12)13/h1-2H. The van der Waals surface area contributed by atoms with Gasteiger partial charge in [-0.1, -0.05) is 11.6 Å². The molecule has 1 rings (SSSR count). The predicted molar refractivity (Wildman–Crippen MR) is 41.1 cm³/mol. The van der Waals surface area contributed by atoms with Crippen molar-refractivity contribution >= 4 is 11.6 Å². The van der Waals surface area contributed by atoms with Crippen molar-refractivity contribution in [1.29, 1.82) is 5.26 Å². The molecule has 0 heterocycles. The third-order valence-corrected chi connectivity index (χ3v) is 1.80. The summed E-state index contributed by atoms with van der Waals surface area (Å²) in [6, 6.07) is 2.16. The first kappa shape index (κ1) is 10.8. The molecule has 0 aromatic heterocycles. The van der Waals surface area contributed by atoms with Gasteiger partial charge in [-0.2, -0.15) is 18.4 Å². The zero-order valence-electron chi connectivity index (χ0n) is 6.49. The molecule has 0 saturated carbocycles. The summed E-state index contributed by atoms with van der Waals surface area (Å²) in [7, 11) is 0. The molecule has 0 bridgehead atoms. The number of hydrogen-bond acceptors (Lipinski definition) is 1. The summed E-state index contributed by atoms with van der Waals surface area (Å²) < 4.78 is 49.3. The summed E-state index contributed by atoms with van der Waals surface area (Å²) >= 11 is 5.17. The molecular weight excluding hydrogens is 222 g/mol. The molecule has 0 atom stereocenters. The summed E-state index contributed by atoms with van der Waals surface area (Å²) in [6.45, 7) is 0. The van der Waals surface area contributed by atoms with Crippen LogP contribution in [0.5, 0.6) is 0 Å². The van der Waals surface area contributed by atoms with Crippen molar-refractivity contribution < 1.29 is 17.6 Å². The highest BCUT2D eigenvalue weighted by Crippen LogP contribution is 2.35. The Hall–Kier alpha value is -1.28. The zero-order valence-corrected chi connectivity index (χ0v) is 7.25. The molecule has 1 aromatic rings. The average molecular weight is 224 g/mol. The Bertz CT molecular complexity index is 405. The molecule has 14 heavy (non-hydrogen) atoms. The normalized spacial score (nSPS) is 11.1. The Kier molecular flexibility index (Phi) is 2.67. The number of rotatable bonds is 0. The summed E-state index contributed by atoms with van der Waals surface area (Å²) in [5, 5.41) is 7.54. The van der Waals surface area contributed by atoms with Gasteiger partial charge in [0.25, 0.3) is 0 Å².